The van der Waals surface area contributed by atoms with Crippen LogP contribution in [0.3, 0.4) is 0 Å². The fourth-order valence-electron chi connectivity index (χ4n) is 4.96. The summed E-state index contributed by atoms with van der Waals surface area (Å²) in [6.45, 7) is 0. The van der Waals surface area contributed by atoms with Gasteiger partial charge < -0.3 is 0 Å². The molecule has 0 N–H and O–H groups in total. The highest BCUT2D eigenvalue weighted by molar-refractivity contribution is 6.35. The SMILES string of the molecule is O=C1[C@H]2[C@H](ON(c3ccccc3)[C@H]2c2cccc3ccccc23)C(=O)N1c1cc(Cl)cc(Cl)c1. The first kappa shape index (κ1) is 21.2. The zero-order chi connectivity index (χ0) is 23.4. The number of para-hydroxylation sites is 1. The van der Waals surface area contributed by atoms with Crippen LogP contribution in [0.2, 0.25) is 10.0 Å². The van der Waals surface area contributed by atoms with Crippen LogP contribution in [0.5, 0.6) is 0 Å². The Morgan fingerprint density at radius 1 is 0.706 bits per heavy atom. The number of imide groups is 1. The Hall–Kier alpha value is -3.38. The summed E-state index contributed by atoms with van der Waals surface area (Å²) in [4.78, 5) is 34.7. The molecular formula is C27H18Cl2N2O3. The molecule has 0 saturated carbocycles. The first-order valence-electron chi connectivity index (χ1n) is 10.9. The number of hydrogen-bond donors (Lipinski definition) is 0. The molecule has 0 aromatic heterocycles. The molecule has 168 valence electrons. The second-order valence-electron chi connectivity index (χ2n) is 8.37. The summed E-state index contributed by atoms with van der Waals surface area (Å²) in [5, 5.41) is 4.45. The van der Waals surface area contributed by atoms with Gasteiger partial charge in [0.25, 0.3) is 5.91 Å². The summed E-state index contributed by atoms with van der Waals surface area (Å²) in [6, 6.07) is 27.7. The number of hydrogen-bond acceptors (Lipinski definition) is 4. The van der Waals surface area contributed by atoms with Gasteiger partial charge in [0.15, 0.2) is 6.10 Å². The Morgan fingerprint density at radius 3 is 2.15 bits per heavy atom. The minimum Gasteiger partial charge on any atom is -0.273 e. The van der Waals surface area contributed by atoms with Gasteiger partial charge in [-0.3, -0.25) is 14.4 Å². The van der Waals surface area contributed by atoms with Crippen molar-refractivity contribution in [1.82, 2.24) is 0 Å². The second-order valence-corrected chi connectivity index (χ2v) is 9.24. The Balaban J connectivity index is 1.51. The van der Waals surface area contributed by atoms with Crippen molar-refractivity contribution in [3.63, 3.8) is 0 Å². The number of benzene rings is 4. The number of carbonyl (C=O) groups is 2. The Kier molecular flexibility index (Phi) is 5.06. The van der Waals surface area contributed by atoms with Gasteiger partial charge in [0, 0.05) is 10.0 Å². The first-order valence-corrected chi connectivity index (χ1v) is 11.6. The number of fused-ring (bicyclic) bond motifs is 2. The van der Waals surface area contributed by atoms with Crippen molar-refractivity contribution in [2.75, 3.05) is 9.96 Å². The molecule has 0 spiro atoms. The molecule has 2 aliphatic heterocycles. The number of nitrogens with zero attached hydrogens (tertiary/aromatic N) is 2. The Morgan fingerprint density at radius 2 is 1.38 bits per heavy atom. The molecule has 0 aliphatic carbocycles. The number of rotatable bonds is 3. The number of hydroxylamine groups is 1. The summed E-state index contributed by atoms with van der Waals surface area (Å²) in [5.41, 5.74) is 2.03. The van der Waals surface area contributed by atoms with Gasteiger partial charge in [-0.1, -0.05) is 83.9 Å². The van der Waals surface area contributed by atoms with E-state index in [9.17, 15) is 9.59 Å². The minimum atomic E-state index is -0.963. The summed E-state index contributed by atoms with van der Waals surface area (Å²) < 4.78 is 0. The van der Waals surface area contributed by atoms with E-state index in [-0.39, 0.29) is 5.91 Å². The van der Waals surface area contributed by atoms with Gasteiger partial charge in [-0.25, -0.2) is 9.96 Å². The van der Waals surface area contributed by atoms with Crippen LogP contribution in [0.25, 0.3) is 10.8 Å². The van der Waals surface area contributed by atoms with Crippen molar-refractivity contribution in [3.05, 3.63) is 107 Å². The maximum atomic E-state index is 13.8. The third-order valence-electron chi connectivity index (χ3n) is 6.37. The van der Waals surface area contributed by atoms with Crippen molar-refractivity contribution in [1.29, 1.82) is 0 Å². The summed E-state index contributed by atoms with van der Waals surface area (Å²) >= 11 is 12.3. The van der Waals surface area contributed by atoms with Gasteiger partial charge in [0.05, 0.1) is 17.4 Å². The summed E-state index contributed by atoms with van der Waals surface area (Å²) in [5.74, 6) is -1.52. The lowest BCUT2D eigenvalue weighted by Crippen LogP contribution is -2.37. The molecule has 2 amide bonds. The predicted octanol–water partition coefficient (Wildman–Crippen LogP) is 6.20. The van der Waals surface area contributed by atoms with Crippen LogP contribution in [-0.2, 0) is 14.4 Å². The van der Waals surface area contributed by atoms with Crippen molar-refractivity contribution in [2.45, 2.75) is 12.1 Å². The van der Waals surface area contributed by atoms with E-state index in [2.05, 4.69) is 0 Å². The topological polar surface area (TPSA) is 49.9 Å². The van der Waals surface area contributed by atoms with E-state index >= 15 is 0 Å². The van der Waals surface area contributed by atoms with Crippen LogP contribution in [0, 0.1) is 5.92 Å². The normalized spacial score (nSPS) is 22.0. The zero-order valence-corrected chi connectivity index (χ0v) is 19.3. The van der Waals surface area contributed by atoms with Crippen molar-refractivity contribution in [2.24, 2.45) is 5.92 Å². The average Bonchev–Trinajstić information content (AvgIpc) is 3.34. The highest BCUT2D eigenvalue weighted by atomic mass is 35.5. The molecule has 3 atom stereocenters. The Bertz CT molecular complexity index is 1420. The Labute approximate surface area is 206 Å². The van der Waals surface area contributed by atoms with Crippen LogP contribution in [-0.4, -0.2) is 17.9 Å². The molecule has 2 fully saturated rings. The molecular weight excluding hydrogens is 471 g/mol. The van der Waals surface area contributed by atoms with Crippen LogP contribution in [0.4, 0.5) is 11.4 Å². The monoisotopic (exact) mass is 488 g/mol. The molecule has 2 aliphatic rings. The number of anilines is 2. The third-order valence-corrected chi connectivity index (χ3v) is 6.81. The molecule has 34 heavy (non-hydrogen) atoms. The standard InChI is InChI=1S/C27H18Cl2N2O3/c28-17-13-18(29)15-20(14-17)30-26(32)23-24(22-12-6-8-16-7-4-5-11-21(16)22)31(34-25(23)27(30)33)19-9-2-1-3-10-19/h1-15,23-25H/t23-,24+,25+/m1/s1. The maximum absolute atomic E-state index is 13.8. The van der Waals surface area contributed by atoms with Gasteiger partial charge in [-0.2, -0.15) is 0 Å². The van der Waals surface area contributed by atoms with Crippen molar-refractivity contribution < 1.29 is 14.4 Å². The molecule has 5 nitrogen and oxygen atoms in total. The van der Waals surface area contributed by atoms with Gasteiger partial charge >= 0.3 is 0 Å². The van der Waals surface area contributed by atoms with E-state index in [1.807, 2.05) is 72.8 Å². The van der Waals surface area contributed by atoms with Crippen LogP contribution < -0.4 is 9.96 Å². The molecule has 0 unspecified atom stereocenters. The van der Waals surface area contributed by atoms with Gasteiger partial charge in [0.2, 0.25) is 5.91 Å². The molecule has 2 saturated heterocycles. The molecule has 2 heterocycles. The molecule has 7 heteroatoms. The van der Waals surface area contributed by atoms with E-state index in [0.29, 0.717) is 15.7 Å². The highest BCUT2D eigenvalue weighted by Crippen LogP contribution is 2.49. The lowest BCUT2D eigenvalue weighted by Gasteiger charge is -2.29. The third kappa shape index (κ3) is 3.28. The van der Waals surface area contributed by atoms with E-state index in [1.165, 1.54) is 0 Å². The average molecular weight is 489 g/mol. The van der Waals surface area contributed by atoms with Crippen molar-refractivity contribution >= 4 is 57.2 Å². The lowest BCUT2D eigenvalue weighted by molar-refractivity contribution is -0.126. The van der Waals surface area contributed by atoms with E-state index in [4.69, 9.17) is 28.0 Å². The predicted molar refractivity (Wildman–Crippen MR) is 133 cm³/mol. The maximum Gasteiger partial charge on any atom is 0.266 e. The first-order chi connectivity index (χ1) is 16.5. The lowest BCUT2D eigenvalue weighted by atomic mass is 9.87. The number of carbonyl (C=O) groups excluding carboxylic acids is 2. The van der Waals surface area contributed by atoms with Crippen LogP contribution >= 0.6 is 23.2 Å². The highest BCUT2D eigenvalue weighted by Gasteiger charge is 2.60. The van der Waals surface area contributed by atoms with Gasteiger partial charge in [-0.15, -0.1) is 0 Å². The summed E-state index contributed by atoms with van der Waals surface area (Å²) in [7, 11) is 0. The fourth-order valence-corrected chi connectivity index (χ4v) is 5.47. The molecule has 4 aromatic rings. The van der Waals surface area contributed by atoms with Crippen LogP contribution in [0.15, 0.2) is 91.0 Å². The summed E-state index contributed by atoms with van der Waals surface area (Å²) in [6.07, 6.45) is -0.963. The molecule has 4 aromatic carbocycles. The van der Waals surface area contributed by atoms with Crippen molar-refractivity contribution in [3.8, 4) is 0 Å². The fraction of sp³-hybridized carbons (Fsp3) is 0.111. The number of amides is 2. The molecule has 0 radical (unpaired) electrons. The quantitative estimate of drug-likeness (QED) is 0.322. The van der Waals surface area contributed by atoms with Crippen LogP contribution in [0.1, 0.15) is 11.6 Å². The van der Waals surface area contributed by atoms with E-state index in [1.54, 1.807) is 23.3 Å². The zero-order valence-electron chi connectivity index (χ0n) is 17.8. The molecule has 6 rings (SSSR count). The van der Waals surface area contributed by atoms with E-state index < -0.39 is 24.0 Å². The van der Waals surface area contributed by atoms with E-state index in [0.717, 1.165) is 26.9 Å². The smallest absolute Gasteiger partial charge is 0.266 e. The van der Waals surface area contributed by atoms with Gasteiger partial charge in [-0.05, 0) is 46.7 Å². The number of halogens is 2. The van der Waals surface area contributed by atoms with Gasteiger partial charge in [0.1, 0.15) is 5.92 Å². The molecule has 0 bridgehead atoms. The largest absolute Gasteiger partial charge is 0.273 e. The minimum absolute atomic E-state index is 0.341. The second kappa shape index (κ2) is 8.13.